The average molecular weight is 352 g/mol. The highest BCUT2D eigenvalue weighted by Crippen LogP contribution is 2.29. The van der Waals surface area contributed by atoms with Crippen LogP contribution in [-0.4, -0.2) is 20.0 Å². The molecule has 2 aromatic carbocycles. The van der Waals surface area contributed by atoms with Gasteiger partial charge in [-0.2, -0.15) is 0 Å². The van der Waals surface area contributed by atoms with Gasteiger partial charge >= 0.3 is 5.69 Å². The third-order valence-electron chi connectivity index (χ3n) is 4.07. The summed E-state index contributed by atoms with van der Waals surface area (Å²) in [5.74, 6) is -0.503. The minimum Gasteiger partial charge on any atom is -0.317 e. The van der Waals surface area contributed by atoms with E-state index in [1.165, 1.54) is 34.4 Å². The van der Waals surface area contributed by atoms with Crippen LogP contribution in [0.15, 0.2) is 53.3 Å². The van der Waals surface area contributed by atoms with Gasteiger partial charge in [0.05, 0.1) is 16.0 Å². The van der Waals surface area contributed by atoms with Gasteiger partial charge in [0.2, 0.25) is 5.91 Å². The number of nitro benzene ring substituents is 1. The van der Waals surface area contributed by atoms with Crippen LogP contribution in [0.3, 0.4) is 0 Å². The molecule has 0 aliphatic heterocycles. The number of nitrogens with zero attached hydrogens (tertiary/aromatic N) is 3. The van der Waals surface area contributed by atoms with Gasteiger partial charge in [-0.1, -0.05) is 30.3 Å². The molecule has 1 N–H and O–H groups in total. The number of anilines is 1. The van der Waals surface area contributed by atoms with E-state index in [2.05, 4.69) is 5.32 Å². The first kappa shape index (κ1) is 17.2. The van der Waals surface area contributed by atoms with Crippen LogP contribution < -0.4 is 11.0 Å². The number of hydrogen-bond donors (Lipinski definition) is 1. The minimum absolute atomic E-state index is 0.0337. The Kier molecular flexibility index (Phi) is 4.40. The molecule has 0 bridgehead atoms. The topological polar surface area (TPSA) is 99.2 Å². The fraction of sp³-hybridized carbons (Fsp3) is 0.111. The predicted molar refractivity (Wildman–Crippen MR) is 98.9 cm³/mol. The molecule has 1 heterocycles. The molecule has 1 aromatic heterocycles. The molecule has 0 fully saturated rings. The van der Waals surface area contributed by atoms with E-state index < -0.39 is 10.8 Å². The molecule has 8 nitrogen and oxygen atoms in total. The van der Waals surface area contributed by atoms with Crippen molar-refractivity contribution in [3.63, 3.8) is 0 Å². The summed E-state index contributed by atoms with van der Waals surface area (Å²) in [5, 5.41) is 13.9. The lowest BCUT2D eigenvalue weighted by Gasteiger charge is -2.05. The second-order valence-electron chi connectivity index (χ2n) is 5.75. The maximum absolute atomic E-state index is 12.2. The van der Waals surface area contributed by atoms with Gasteiger partial charge in [0.25, 0.3) is 5.69 Å². The fourth-order valence-corrected chi connectivity index (χ4v) is 2.70. The molecule has 0 saturated carbocycles. The van der Waals surface area contributed by atoms with E-state index in [0.29, 0.717) is 11.0 Å². The highest BCUT2D eigenvalue weighted by Gasteiger charge is 2.20. The molecule has 3 rings (SSSR count). The van der Waals surface area contributed by atoms with Crippen LogP contribution in [0.1, 0.15) is 5.56 Å². The van der Waals surface area contributed by atoms with Gasteiger partial charge in [-0.15, -0.1) is 0 Å². The third kappa shape index (κ3) is 3.12. The van der Waals surface area contributed by atoms with Crippen LogP contribution in [0.2, 0.25) is 0 Å². The molecule has 0 unspecified atom stereocenters. The van der Waals surface area contributed by atoms with Gasteiger partial charge in [0, 0.05) is 26.2 Å². The number of hydrogen-bond acceptors (Lipinski definition) is 4. The van der Waals surface area contributed by atoms with Crippen molar-refractivity contribution in [2.45, 2.75) is 0 Å². The summed E-state index contributed by atoms with van der Waals surface area (Å²) in [6, 6.07) is 11.9. The summed E-state index contributed by atoms with van der Waals surface area (Å²) in [4.78, 5) is 35.0. The van der Waals surface area contributed by atoms with Gasteiger partial charge in [0.15, 0.2) is 0 Å². The molecule has 8 heteroatoms. The number of carbonyl (C=O) groups excluding carboxylic acids is 1. The number of imidazole rings is 1. The Balaban J connectivity index is 1.98. The fourth-order valence-electron chi connectivity index (χ4n) is 2.70. The normalized spacial score (nSPS) is 11.2. The van der Waals surface area contributed by atoms with Crippen LogP contribution in [0.4, 0.5) is 11.4 Å². The van der Waals surface area contributed by atoms with E-state index in [1.54, 1.807) is 13.1 Å². The lowest BCUT2D eigenvalue weighted by atomic mass is 10.2. The first-order chi connectivity index (χ1) is 12.4. The largest absolute Gasteiger partial charge is 0.328 e. The number of nitrogens with one attached hydrogen (secondary N) is 1. The van der Waals surface area contributed by atoms with Crippen LogP contribution in [-0.2, 0) is 18.9 Å². The number of aromatic nitrogens is 2. The quantitative estimate of drug-likeness (QED) is 0.443. The lowest BCUT2D eigenvalue weighted by Crippen LogP contribution is -2.19. The predicted octanol–water partition coefficient (Wildman–Crippen LogP) is 2.44. The minimum atomic E-state index is -0.590. The summed E-state index contributed by atoms with van der Waals surface area (Å²) >= 11 is 0. The van der Waals surface area contributed by atoms with Crippen molar-refractivity contribution >= 4 is 34.4 Å². The van der Waals surface area contributed by atoms with Crippen molar-refractivity contribution in [2.24, 2.45) is 14.1 Å². The van der Waals surface area contributed by atoms with Crippen molar-refractivity contribution in [3.05, 3.63) is 74.7 Å². The first-order valence-electron chi connectivity index (χ1n) is 7.76. The molecule has 1 amide bonds. The Morgan fingerprint density at radius 1 is 1.12 bits per heavy atom. The van der Waals surface area contributed by atoms with Crippen molar-refractivity contribution in [3.8, 4) is 0 Å². The highest BCUT2D eigenvalue weighted by atomic mass is 16.6. The molecular weight excluding hydrogens is 336 g/mol. The van der Waals surface area contributed by atoms with Gasteiger partial charge in [-0.25, -0.2) is 4.79 Å². The van der Waals surface area contributed by atoms with E-state index in [-0.39, 0.29) is 17.1 Å². The Morgan fingerprint density at radius 3 is 2.35 bits per heavy atom. The zero-order valence-electron chi connectivity index (χ0n) is 14.2. The molecule has 0 aliphatic rings. The Morgan fingerprint density at radius 2 is 1.73 bits per heavy atom. The molecule has 132 valence electrons. The van der Waals surface area contributed by atoms with Gasteiger partial charge in [-0.05, 0) is 17.7 Å². The summed E-state index contributed by atoms with van der Waals surface area (Å²) in [7, 11) is 3.10. The summed E-state index contributed by atoms with van der Waals surface area (Å²) < 4.78 is 2.69. The third-order valence-corrected chi connectivity index (χ3v) is 4.07. The van der Waals surface area contributed by atoms with E-state index in [4.69, 9.17) is 0 Å². The number of benzene rings is 2. The number of fused-ring (bicyclic) bond motifs is 1. The van der Waals surface area contributed by atoms with Gasteiger partial charge < -0.3 is 5.32 Å². The maximum atomic E-state index is 12.2. The molecule has 0 radical (unpaired) electrons. The molecule has 0 atom stereocenters. The van der Waals surface area contributed by atoms with E-state index in [1.807, 2.05) is 30.3 Å². The van der Waals surface area contributed by atoms with Gasteiger partial charge in [0.1, 0.15) is 5.69 Å². The Bertz CT molecular complexity index is 1090. The van der Waals surface area contributed by atoms with Gasteiger partial charge in [-0.3, -0.25) is 24.0 Å². The number of carbonyl (C=O) groups is 1. The second kappa shape index (κ2) is 6.67. The molecule has 0 aliphatic carbocycles. The van der Waals surface area contributed by atoms with Crippen LogP contribution >= 0.6 is 0 Å². The van der Waals surface area contributed by atoms with E-state index in [9.17, 15) is 19.7 Å². The highest BCUT2D eigenvalue weighted by molar-refractivity contribution is 6.04. The average Bonchev–Trinajstić information content (AvgIpc) is 2.84. The molecule has 3 aromatic rings. The monoisotopic (exact) mass is 352 g/mol. The smallest absolute Gasteiger partial charge is 0.317 e. The summed E-state index contributed by atoms with van der Waals surface area (Å²) in [5.41, 5.74) is 1.19. The van der Waals surface area contributed by atoms with E-state index >= 15 is 0 Å². The molecule has 0 spiro atoms. The first-order valence-corrected chi connectivity index (χ1v) is 7.76. The SMILES string of the molecule is Cn1c(=O)n(C)c2cc([N+](=O)[O-])c(NC(=O)/C=C/c3ccccc3)cc21. The van der Waals surface area contributed by atoms with Crippen LogP contribution in [0.5, 0.6) is 0 Å². The number of aryl methyl sites for hydroxylation is 2. The molecular formula is C18H16N4O4. The molecule has 0 saturated heterocycles. The van der Waals surface area contributed by atoms with E-state index in [0.717, 1.165) is 5.56 Å². The Hall–Kier alpha value is -3.68. The van der Waals surface area contributed by atoms with Crippen LogP contribution in [0.25, 0.3) is 17.1 Å². The number of amides is 1. The zero-order chi connectivity index (χ0) is 18.8. The zero-order valence-corrected chi connectivity index (χ0v) is 14.2. The second-order valence-corrected chi connectivity index (χ2v) is 5.75. The van der Waals surface area contributed by atoms with Crippen LogP contribution in [0, 0.1) is 10.1 Å². The Labute approximate surface area is 148 Å². The molecule has 26 heavy (non-hydrogen) atoms. The number of nitro groups is 1. The number of rotatable bonds is 4. The summed E-state index contributed by atoms with van der Waals surface area (Å²) in [6.07, 6.45) is 2.91. The van der Waals surface area contributed by atoms with Crippen molar-refractivity contribution in [2.75, 3.05) is 5.32 Å². The standard InChI is InChI=1S/C18H16N4O4/c1-20-15-10-13(14(22(25)26)11-16(15)21(2)18(20)24)19-17(23)9-8-12-6-4-3-5-7-12/h3-11H,1-2H3,(H,19,23)/b9-8+. The van der Waals surface area contributed by atoms with Crippen molar-refractivity contribution in [1.29, 1.82) is 0 Å². The van der Waals surface area contributed by atoms with Crippen molar-refractivity contribution in [1.82, 2.24) is 9.13 Å². The maximum Gasteiger partial charge on any atom is 0.328 e. The summed E-state index contributed by atoms with van der Waals surface area (Å²) in [6.45, 7) is 0. The van der Waals surface area contributed by atoms with Crippen molar-refractivity contribution < 1.29 is 9.72 Å². The lowest BCUT2D eigenvalue weighted by molar-refractivity contribution is -0.383.